The van der Waals surface area contributed by atoms with Gasteiger partial charge >= 0.3 is 0 Å². The van der Waals surface area contributed by atoms with Gasteiger partial charge in [0.1, 0.15) is 11.5 Å². The molecule has 1 aromatic carbocycles. The number of furan rings is 1. The van der Waals surface area contributed by atoms with E-state index in [4.69, 9.17) is 4.42 Å². The number of carbonyl (C=O) groups is 2. The lowest BCUT2D eigenvalue weighted by Crippen LogP contribution is -2.18. The van der Waals surface area contributed by atoms with E-state index < -0.39 is 0 Å². The van der Waals surface area contributed by atoms with Gasteiger partial charge in [0.25, 0.3) is 0 Å². The molecule has 0 unspecified atom stereocenters. The maximum absolute atomic E-state index is 12.1. The van der Waals surface area contributed by atoms with Crippen molar-refractivity contribution in [1.29, 1.82) is 0 Å². The molecule has 3 rings (SSSR count). The van der Waals surface area contributed by atoms with Crippen LogP contribution in [0.15, 0.2) is 46.2 Å². The van der Waals surface area contributed by atoms with Crippen molar-refractivity contribution in [3.63, 3.8) is 0 Å². The number of aromatic nitrogens is 1. The Hall–Kier alpha value is -2.93. The van der Waals surface area contributed by atoms with E-state index in [-0.39, 0.29) is 11.8 Å². The Morgan fingerprint density at radius 1 is 1.15 bits per heavy atom. The molecule has 0 bridgehead atoms. The van der Waals surface area contributed by atoms with E-state index in [1.807, 2.05) is 36.6 Å². The van der Waals surface area contributed by atoms with Crippen LogP contribution >= 0.6 is 11.3 Å². The minimum absolute atomic E-state index is 0.0673. The van der Waals surface area contributed by atoms with Crippen molar-refractivity contribution in [1.82, 2.24) is 10.3 Å². The summed E-state index contributed by atoms with van der Waals surface area (Å²) in [5.74, 6) is 1.07. The summed E-state index contributed by atoms with van der Waals surface area (Å²) in [6.07, 6.45) is 1.09. The lowest BCUT2D eigenvalue weighted by molar-refractivity contribution is -0.119. The molecular formula is C20H21N3O3S. The summed E-state index contributed by atoms with van der Waals surface area (Å²) in [7, 11) is 0. The number of rotatable bonds is 7. The summed E-state index contributed by atoms with van der Waals surface area (Å²) in [5, 5.41) is 7.88. The smallest absolute Gasteiger partial charge is 0.226 e. The first-order valence-corrected chi connectivity index (χ1v) is 9.52. The Kier molecular flexibility index (Phi) is 6.03. The molecule has 0 fully saturated rings. The summed E-state index contributed by atoms with van der Waals surface area (Å²) in [6, 6.07) is 11.8. The normalized spacial score (nSPS) is 10.6. The summed E-state index contributed by atoms with van der Waals surface area (Å²) < 4.78 is 5.67. The first-order chi connectivity index (χ1) is 13.0. The second-order valence-electron chi connectivity index (χ2n) is 6.25. The highest BCUT2D eigenvalue weighted by Gasteiger charge is 2.11. The van der Waals surface area contributed by atoms with Gasteiger partial charge in [-0.15, -0.1) is 11.3 Å². The van der Waals surface area contributed by atoms with Crippen molar-refractivity contribution in [2.75, 3.05) is 5.32 Å². The average molecular weight is 383 g/mol. The van der Waals surface area contributed by atoms with Crippen LogP contribution in [0.2, 0.25) is 0 Å². The molecule has 27 heavy (non-hydrogen) atoms. The molecule has 0 aliphatic heterocycles. The number of thiazole rings is 1. The molecule has 0 radical (unpaired) electrons. The SMILES string of the molecule is CC(=O)NCc1ccc(-c2csc(NC(=O)CCc3ccc(C)cc3)n2)o1. The van der Waals surface area contributed by atoms with Gasteiger partial charge in [-0.1, -0.05) is 29.8 Å². The van der Waals surface area contributed by atoms with Crippen LogP contribution in [0.3, 0.4) is 0 Å². The van der Waals surface area contributed by atoms with Crippen molar-refractivity contribution >= 4 is 28.3 Å². The van der Waals surface area contributed by atoms with Crippen LogP contribution in [0.5, 0.6) is 0 Å². The Bertz CT molecular complexity index is 928. The van der Waals surface area contributed by atoms with Crippen molar-refractivity contribution < 1.29 is 14.0 Å². The molecule has 2 heterocycles. The molecule has 0 aliphatic carbocycles. The van der Waals surface area contributed by atoms with Crippen molar-refractivity contribution in [2.45, 2.75) is 33.2 Å². The fraction of sp³-hybridized carbons (Fsp3) is 0.250. The predicted octanol–water partition coefficient (Wildman–Crippen LogP) is 3.92. The number of nitrogens with zero attached hydrogens (tertiary/aromatic N) is 1. The van der Waals surface area contributed by atoms with Gasteiger partial charge in [0, 0.05) is 18.7 Å². The average Bonchev–Trinajstić information content (AvgIpc) is 3.28. The molecule has 0 aliphatic rings. The summed E-state index contributed by atoms with van der Waals surface area (Å²) in [5.41, 5.74) is 3.00. The second-order valence-corrected chi connectivity index (χ2v) is 7.11. The number of carbonyl (C=O) groups excluding carboxylic acids is 2. The third kappa shape index (κ3) is 5.52. The lowest BCUT2D eigenvalue weighted by Gasteiger charge is -2.03. The molecule has 0 saturated carbocycles. The van der Waals surface area contributed by atoms with Crippen molar-refractivity contribution in [3.05, 3.63) is 58.7 Å². The van der Waals surface area contributed by atoms with Gasteiger partial charge in [0.2, 0.25) is 11.8 Å². The van der Waals surface area contributed by atoms with E-state index in [0.717, 1.165) is 5.56 Å². The molecule has 2 amide bonds. The third-order valence-corrected chi connectivity index (χ3v) is 4.70. The molecule has 0 saturated heterocycles. The molecule has 0 atom stereocenters. The van der Waals surface area contributed by atoms with E-state index in [1.165, 1.54) is 23.8 Å². The fourth-order valence-corrected chi connectivity index (χ4v) is 3.18. The quantitative estimate of drug-likeness (QED) is 0.648. The Morgan fingerprint density at radius 2 is 1.93 bits per heavy atom. The Labute approximate surface area is 161 Å². The number of hydrogen-bond donors (Lipinski definition) is 2. The van der Waals surface area contributed by atoms with E-state index in [9.17, 15) is 9.59 Å². The number of aryl methyl sites for hydroxylation is 2. The predicted molar refractivity (Wildman–Crippen MR) is 105 cm³/mol. The summed E-state index contributed by atoms with van der Waals surface area (Å²) in [4.78, 5) is 27.5. The van der Waals surface area contributed by atoms with Crippen LogP contribution in [0, 0.1) is 6.92 Å². The highest BCUT2D eigenvalue weighted by Crippen LogP contribution is 2.26. The van der Waals surface area contributed by atoms with Gasteiger partial charge < -0.3 is 15.1 Å². The summed E-state index contributed by atoms with van der Waals surface area (Å²) in [6.45, 7) is 3.83. The van der Waals surface area contributed by atoms with Crippen LogP contribution in [0.1, 0.15) is 30.2 Å². The van der Waals surface area contributed by atoms with Crippen molar-refractivity contribution in [3.8, 4) is 11.5 Å². The van der Waals surface area contributed by atoms with E-state index in [1.54, 1.807) is 12.1 Å². The van der Waals surface area contributed by atoms with Gasteiger partial charge in [-0.25, -0.2) is 4.98 Å². The first-order valence-electron chi connectivity index (χ1n) is 8.64. The van der Waals surface area contributed by atoms with Crippen molar-refractivity contribution in [2.24, 2.45) is 0 Å². The third-order valence-electron chi connectivity index (χ3n) is 3.94. The highest BCUT2D eigenvalue weighted by molar-refractivity contribution is 7.14. The van der Waals surface area contributed by atoms with E-state index in [0.29, 0.717) is 41.7 Å². The zero-order valence-corrected chi connectivity index (χ0v) is 16.1. The minimum Gasteiger partial charge on any atom is -0.458 e. The molecule has 7 heteroatoms. The molecule has 2 N–H and O–H groups in total. The highest BCUT2D eigenvalue weighted by atomic mass is 32.1. The number of amides is 2. The van der Waals surface area contributed by atoms with Gasteiger partial charge in [0.05, 0.1) is 6.54 Å². The number of anilines is 1. The second kappa shape index (κ2) is 8.64. The van der Waals surface area contributed by atoms with E-state index >= 15 is 0 Å². The lowest BCUT2D eigenvalue weighted by atomic mass is 10.1. The van der Waals surface area contributed by atoms with E-state index in [2.05, 4.69) is 15.6 Å². The van der Waals surface area contributed by atoms with Crippen LogP contribution < -0.4 is 10.6 Å². The number of nitrogens with one attached hydrogen (secondary N) is 2. The monoisotopic (exact) mass is 383 g/mol. The minimum atomic E-state index is -0.114. The van der Waals surface area contributed by atoms with Crippen LogP contribution in [-0.2, 0) is 22.6 Å². The van der Waals surface area contributed by atoms with Gasteiger partial charge in [0.15, 0.2) is 10.9 Å². The van der Waals surface area contributed by atoms with Gasteiger partial charge in [-0.05, 0) is 31.0 Å². The Morgan fingerprint density at radius 3 is 2.67 bits per heavy atom. The molecule has 0 spiro atoms. The topological polar surface area (TPSA) is 84.2 Å². The molecule has 6 nitrogen and oxygen atoms in total. The zero-order valence-electron chi connectivity index (χ0n) is 15.2. The molecular weight excluding hydrogens is 362 g/mol. The van der Waals surface area contributed by atoms with Gasteiger partial charge in [-0.3, -0.25) is 9.59 Å². The van der Waals surface area contributed by atoms with Crippen LogP contribution in [0.4, 0.5) is 5.13 Å². The molecule has 2 aromatic heterocycles. The maximum Gasteiger partial charge on any atom is 0.226 e. The van der Waals surface area contributed by atoms with Gasteiger partial charge in [-0.2, -0.15) is 0 Å². The first kappa shape index (κ1) is 18.8. The van der Waals surface area contributed by atoms with Crippen LogP contribution in [0.25, 0.3) is 11.5 Å². The van der Waals surface area contributed by atoms with Crippen LogP contribution in [-0.4, -0.2) is 16.8 Å². The maximum atomic E-state index is 12.1. The molecule has 3 aromatic rings. The standard InChI is InChI=1S/C20H21N3O3S/c1-13-3-5-15(6-4-13)7-10-19(25)23-20-22-17(12-27-20)18-9-8-16(26-18)11-21-14(2)24/h3-6,8-9,12H,7,10-11H2,1-2H3,(H,21,24)(H,22,23,25). The fourth-order valence-electron chi connectivity index (χ4n) is 2.46. The zero-order chi connectivity index (χ0) is 19.2. The number of benzene rings is 1. The molecule has 140 valence electrons. The Balaban J connectivity index is 1.53. The largest absolute Gasteiger partial charge is 0.458 e. The summed E-state index contributed by atoms with van der Waals surface area (Å²) >= 11 is 1.35. The number of hydrogen-bond acceptors (Lipinski definition) is 5.